The number of amides is 1. The summed E-state index contributed by atoms with van der Waals surface area (Å²) >= 11 is 0. The summed E-state index contributed by atoms with van der Waals surface area (Å²) in [6.07, 6.45) is 3.52. The van der Waals surface area contributed by atoms with Crippen molar-refractivity contribution in [2.24, 2.45) is 5.92 Å². The summed E-state index contributed by atoms with van der Waals surface area (Å²) in [5.41, 5.74) is 0.571. The maximum atomic E-state index is 12.2. The third-order valence-electron chi connectivity index (χ3n) is 4.73. The van der Waals surface area contributed by atoms with Crippen molar-refractivity contribution in [1.82, 2.24) is 5.32 Å². The van der Waals surface area contributed by atoms with E-state index >= 15 is 0 Å². The van der Waals surface area contributed by atoms with E-state index in [2.05, 4.69) is 12.2 Å². The van der Waals surface area contributed by atoms with Crippen LogP contribution in [0.5, 0.6) is 5.75 Å². The number of Topliss-reactive ketones (excluding diaryl/α,β-unsaturated/α-hetero) is 1. The Labute approximate surface area is 154 Å². The van der Waals surface area contributed by atoms with Gasteiger partial charge in [0.1, 0.15) is 5.75 Å². The molecule has 142 valence electrons. The van der Waals surface area contributed by atoms with Crippen molar-refractivity contribution in [3.63, 3.8) is 0 Å². The van der Waals surface area contributed by atoms with Gasteiger partial charge in [0.2, 0.25) is 0 Å². The first-order chi connectivity index (χ1) is 12.4. The van der Waals surface area contributed by atoms with Gasteiger partial charge < -0.3 is 14.8 Å². The second-order valence-electron chi connectivity index (χ2n) is 6.88. The standard InChI is InChI=1S/C20H27NO5/c1-13-6-4-5-7-18(13)21-20(24)15(3)26-19(23)12-25-17-10-8-16(9-11-17)14(2)22/h8-11,13,15,18H,4-7,12H2,1-3H3,(H,21,24)/t13-,15-,18+/m0/s1. The summed E-state index contributed by atoms with van der Waals surface area (Å²) in [4.78, 5) is 35.3. The van der Waals surface area contributed by atoms with E-state index in [4.69, 9.17) is 9.47 Å². The fourth-order valence-corrected chi connectivity index (χ4v) is 3.04. The molecule has 0 aliphatic heterocycles. The summed E-state index contributed by atoms with van der Waals surface area (Å²) in [6.45, 7) is 4.87. The Morgan fingerprint density at radius 3 is 2.42 bits per heavy atom. The quantitative estimate of drug-likeness (QED) is 0.596. The number of esters is 1. The SMILES string of the molecule is CC(=O)c1ccc(OCC(=O)O[C@@H](C)C(=O)N[C@@H]2CCCC[C@@H]2C)cc1. The zero-order chi connectivity index (χ0) is 19.1. The molecule has 6 heteroatoms. The molecule has 0 radical (unpaired) electrons. The Kier molecular flexibility index (Phi) is 7.18. The van der Waals surface area contributed by atoms with E-state index in [1.165, 1.54) is 13.3 Å². The predicted octanol–water partition coefficient (Wildman–Crippen LogP) is 2.89. The molecule has 1 fully saturated rings. The lowest BCUT2D eigenvalue weighted by molar-refractivity contribution is -0.157. The molecule has 0 heterocycles. The highest BCUT2D eigenvalue weighted by Crippen LogP contribution is 2.23. The smallest absolute Gasteiger partial charge is 0.344 e. The maximum Gasteiger partial charge on any atom is 0.344 e. The van der Waals surface area contributed by atoms with Crippen LogP contribution in [-0.4, -0.2) is 36.4 Å². The lowest BCUT2D eigenvalue weighted by Gasteiger charge is -2.30. The number of benzene rings is 1. The fourth-order valence-electron chi connectivity index (χ4n) is 3.04. The van der Waals surface area contributed by atoms with Crippen LogP contribution in [0.4, 0.5) is 0 Å². The van der Waals surface area contributed by atoms with Crippen LogP contribution in [0.25, 0.3) is 0 Å². The minimum Gasteiger partial charge on any atom is -0.482 e. The first kappa shape index (κ1) is 19.9. The molecule has 1 amide bonds. The summed E-state index contributed by atoms with van der Waals surface area (Å²) < 4.78 is 10.5. The average Bonchev–Trinajstić information content (AvgIpc) is 2.62. The molecule has 0 bridgehead atoms. The number of hydrogen-bond donors (Lipinski definition) is 1. The van der Waals surface area contributed by atoms with Crippen molar-refractivity contribution in [3.05, 3.63) is 29.8 Å². The first-order valence-corrected chi connectivity index (χ1v) is 9.10. The monoisotopic (exact) mass is 361 g/mol. The minimum absolute atomic E-state index is 0.0388. The van der Waals surface area contributed by atoms with Crippen LogP contribution in [0.3, 0.4) is 0 Å². The normalized spacial score (nSPS) is 20.7. The van der Waals surface area contributed by atoms with Crippen LogP contribution in [-0.2, 0) is 14.3 Å². The molecule has 1 aromatic carbocycles. The van der Waals surface area contributed by atoms with Gasteiger partial charge in [-0.25, -0.2) is 4.79 Å². The van der Waals surface area contributed by atoms with E-state index in [0.29, 0.717) is 17.2 Å². The zero-order valence-electron chi connectivity index (χ0n) is 15.6. The van der Waals surface area contributed by atoms with Crippen molar-refractivity contribution in [1.29, 1.82) is 0 Å². The molecule has 0 aromatic heterocycles. The van der Waals surface area contributed by atoms with Gasteiger partial charge in [-0.3, -0.25) is 9.59 Å². The molecule has 0 unspecified atom stereocenters. The van der Waals surface area contributed by atoms with E-state index in [1.807, 2.05) is 0 Å². The first-order valence-electron chi connectivity index (χ1n) is 9.10. The fraction of sp³-hybridized carbons (Fsp3) is 0.550. The molecule has 1 aromatic rings. The molecule has 1 aliphatic carbocycles. The van der Waals surface area contributed by atoms with Gasteiger partial charge >= 0.3 is 5.97 Å². The van der Waals surface area contributed by atoms with Gasteiger partial charge in [0.15, 0.2) is 18.5 Å². The van der Waals surface area contributed by atoms with Crippen molar-refractivity contribution in [2.45, 2.75) is 58.6 Å². The van der Waals surface area contributed by atoms with Crippen molar-refractivity contribution < 1.29 is 23.9 Å². The highest BCUT2D eigenvalue weighted by Gasteiger charge is 2.26. The Morgan fingerprint density at radius 1 is 1.15 bits per heavy atom. The summed E-state index contributed by atoms with van der Waals surface area (Å²) in [5, 5.41) is 2.98. The lowest BCUT2D eigenvalue weighted by Crippen LogP contribution is -2.46. The molecule has 1 saturated carbocycles. The number of hydrogen-bond acceptors (Lipinski definition) is 5. The van der Waals surface area contributed by atoms with Crippen LogP contribution in [0.15, 0.2) is 24.3 Å². The minimum atomic E-state index is -0.861. The number of rotatable bonds is 7. The van der Waals surface area contributed by atoms with Gasteiger partial charge in [0.25, 0.3) is 5.91 Å². The van der Waals surface area contributed by atoms with Gasteiger partial charge in [0.05, 0.1) is 0 Å². The summed E-state index contributed by atoms with van der Waals surface area (Å²) in [7, 11) is 0. The summed E-state index contributed by atoms with van der Waals surface area (Å²) in [6, 6.07) is 6.64. The van der Waals surface area contributed by atoms with E-state index in [-0.39, 0.29) is 24.3 Å². The molecule has 26 heavy (non-hydrogen) atoms. The van der Waals surface area contributed by atoms with Crippen LogP contribution in [0.2, 0.25) is 0 Å². The van der Waals surface area contributed by atoms with Crippen molar-refractivity contribution in [2.75, 3.05) is 6.61 Å². The average molecular weight is 361 g/mol. The van der Waals surface area contributed by atoms with E-state index in [9.17, 15) is 14.4 Å². The highest BCUT2D eigenvalue weighted by molar-refractivity contribution is 5.94. The Bertz CT molecular complexity index is 640. The largest absolute Gasteiger partial charge is 0.482 e. The van der Waals surface area contributed by atoms with Gasteiger partial charge in [-0.05, 0) is 56.9 Å². The topological polar surface area (TPSA) is 81.7 Å². The Hall–Kier alpha value is -2.37. The van der Waals surface area contributed by atoms with E-state index in [1.54, 1.807) is 31.2 Å². The number of carbonyl (C=O) groups is 3. The van der Waals surface area contributed by atoms with Gasteiger partial charge in [-0.2, -0.15) is 0 Å². The molecular weight excluding hydrogens is 334 g/mol. The molecule has 1 aliphatic rings. The molecule has 0 saturated heterocycles. The molecule has 3 atom stereocenters. The third-order valence-corrected chi connectivity index (χ3v) is 4.73. The van der Waals surface area contributed by atoms with E-state index in [0.717, 1.165) is 19.3 Å². The molecule has 0 spiro atoms. The molecule has 6 nitrogen and oxygen atoms in total. The van der Waals surface area contributed by atoms with E-state index < -0.39 is 12.1 Å². The number of nitrogens with one attached hydrogen (secondary N) is 1. The predicted molar refractivity (Wildman–Crippen MR) is 97.1 cm³/mol. The van der Waals surface area contributed by atoms with Crippen LogP contribution in [0, 0.1) is 5.92 Å². The third kappa shape index (κ3) is 5.86. The molecule has 1 N–H and O–H groups in total. The molecule has 2 rings (SSSR count). The van der Waals surface area contributed by atoms with Crippen LogP contribution >= 0.6 is 0 Å². The van der Waals surface area contributed by atoms with Crippen LogP contribution < -0.4 is 10.1 Å². The number of ketones is 1. The zero-order valence-corrected chi connectivity index (χ0v) is 15.6. The number of carbonyl (C=O) groups excluding carboxylic acids is 3. The Morgan fingerprint density at radius 2 is 1.81 bits per heavy atom. The second-order valence-corrected chi connectivity index (χ2v) is 6.88. The van der Waals surface area contributed by atoms with Crippen molar-refractivity contribution in [3.8, 4) is 5.75 Å². The van der Waals surface area contributed by atoms with Gasteiger partial charge in [0, 0.05) is 11.6 Å². The second kappa shape index (κ2) is 9.36. The van der Waals surface area contributed by atoms with Gasteiger partial charge in [-0.1, -0.05) is 19.8 Å². The molecular formula is C20H27NO5. The lowest BCUT2D eigenvalue weighted by atomic mass is 9.86. The summed E-state index contributed by atoms with van der Waals surface area (Å²) in [5.74, 6) is -0.0250. The Balaban J connectivity index is 1.75. The highest BCUT2D eigenvalue weighted by atomic mass is 16.6. The number of ether oxygens (including phenoxy) is 2. The van der Waals surface area contributed by atoms with Gasteiger partial charge in [-0.15, -0.1) is 0 Å². The van der Waals surface area contributed by atoms with Crippen molar-refractivity contribution >= 4 is 17.7 Å². The maximum absolute atomic E-state index is 12.2. The van der Waals surface area contributed by atoms with Crippen LogP contribution in [0.1, 0.15) is 56.8 Å².